The molecule has 2 bridgehead atoms. The van der Waals surface area contributed by atoms with Crippen LogP contribution in [-0.4, -0.2) is 43.1 Å². The van der Waals surface area contributed by atoms with Crippen LogP contribution >= 0.6 is 0 Å². The maximum atomic E-state index is 13.4. The highest BCUT2D eigenvalue weighted by molar-refractivity contribution is 5.96. The van der Waals surface area contributed by atoms with Gasteiger partial charge < -0.3 is 4.90 Å². The van der Waals surface area contributed by atoms with Crippen LogP contribution in [0.2, 0.25) is 0 Å². The van der Waals surface area contributed by atoms with E-state index in [1.807, 2.05) is 11.8 Å². The van der Waals surface area contributed by atoms with E-state index < -0.39 is 0 Å². The van der Waals surface area contributed by atoms with Gasteiger partial charge in [0.15, 0.2) is 0 Å². The third-order valence-corrected chi connectivity index (χ3v) is 6.52. The van der Waals surface area contributed by atoms with Crippen molar-refractivity contribution < 1.29 is 9.18 Å². The summed E-state index contributed by atoms with van der Waals surface area (Å²) < 4.78 is 15.0. The number of hydrogen-bond acceptors (Lipinski definition) is 4. The molecule has 2 fully saturated rings. The minimum absolute atomic E-state index is 0.0630. The number of nitrogens with zero attached hydrogens (tertiary/aromatic N) is 5. The van der Waals surface area contributed by atoms with Gasteiger partial charge in [0.2, 0.25) is 0 Å². The van der Waals surface area contributed by atoms with E-state index in [9.17, 15) is 9.18 Å². The fraction of sp³-hybridized carbons (Fsp3) is 0.417. The summed E-state index contributed by atoms with van der Waals surface area (Å²) in [6.07, 6.45) is 6.86. The summed E-state index contributed by atoms with van der Waals surface area (Å²) in [6.45, 7) is 6.87. The van der Waals surface area contributed by atoms with E-state index in [0.717, 1.165) is 41.9 Å². The van der Waals surface area contributed by atoms with Gasteiger partial charge in [0.25, 0.3) is 11.9 Å². The summed E-state index contributed by atoms with van der Waals surface area (Å²) in [5.41, 5.74) is 3.87. The van der Waals surface area contributed by atoms with E-state index in [0.29, 0.717) is 23.5 Å². The maximum absolute atomic E-state index is 13.4. The van der Waals surface area contributed by atoms with Crippen molar-refractivity contribution >= 4 is 5.91 Å². The number of halogens is 1. The first-order chi connectivity index (χ1) is 14.9. The third-order valence-electron chi connectivity index (χ3n) is 6.52. The van der Waals surface area contributed by atoms with Gasteiger partial charge in [-0.3, -0.25) is 4.79 Å². The Morgan fingerprint density at radius 1 is 1.16 bits per heavy atom. The molecule has 160 valence electrons. The van der Waals surface area contributed by atoms with E-state index in [-0.39, 0.29) is 17.6 Å². The molecule has 6 nitrogen and oxygen atoms in total. The van der Waals surface area contributed by atoms with Crippen molar-refractivity contribution in [1.29, 1.82) is 0 Å². The highest BCUT2D eigenvalue weighted by Gasteiger charge is 2.41. The van der Waals surface area contributed by atoms with E-state index in [4.69, 9.17) is 4.98 Å². The zero-order valence-corrected chi connectivity index (χ0v) is 18.0. The summed E-state index contributed by atoms with van der Waals surface area (Å²) >= 11 is 0. The molecular weight excluding hydrogens is 393 g/mol. The zero-order chi connectivity index (χ0) is 21.7. The van der Waals surface area contributed by atoms with Crippen molar-refractivity contribution in [2.75, 3.05) is 6.54 Å². The minimum Gasteiger partial charge on any atom is -0.335 e. The van der Waals surface area contributed by atoms with Crippen LogP contribution in [0.3, 0.4) is 0 Å². The summed E-state index contributed by atoms with van der Waals surface area (Å²) in [6, 6.07) is 6.62. The molecule has 1 saturated carbocycles. The molecular formula is C24H26FN5O. The number of piperidine rings is 1. The van der Waals surface area contributed by atoms with Crippen LogP contribution in [0.5, 0.6) is 0 Å². The molecule has 7 heteroatoms. The van der Waals surface area contributed by atoms with Crippen LogP contribution in [0.25, 0.3) is 17.2 Å². The smallest absolute Gasteiger partial charge is 0.257 e. The molecule has 3 heterocycles. The predicted molar refractivity (Wildman–Crippen MR) is 116 cm³/mol. The number of hydrogen-bond donors (Lipinski definition) is 0. The standard InChI is InChI=1S/C24H26FN5O/c1-14(2)22-20(23(31)29-13-16-4-9-19(29)10-16)12-27-30(22)24-26-11-15(3)21(28-24)17-5-7-18(25)8-6-17/h5-8,11-12,14,16,19H,4,9-10,13H2,1-3H3. The molecule has 1 amide bonds. The fourth-order valence-corrected chi connectivity index (χ4v) is 5.00. The van der Waals surface area contributed by atoms with Crippen molar-refractivity contribution in [3.05, 3.63) is 59.3 Å². The average molecular weight is 420 g/mol. The third kappa shape index (κ3) is 3.42. The molecule has 5 rings (SSSR count). The second-order valence-electron chi connectivity index (χ2n) is 9.01. The molecule has 1 aliphatic heterocycles. The number of aromatic nitrogens is 4. The summed E-state index contributed by atoms with van der Waals surface area (Å²) in [5.74, 6) is 0.901. The molecule has 0 spiro atoms. The van der Waals surface area contributed by atoms with Crippen molar-refractivity contribution in [1.82, 2.24) is 24.6 Å². The molecule has 1 aromatic carbocycles. The van der Waals surface area contributed by atoms with Crippen LogP contribution < -0.4 is 0 Å². The van der Waals surface area contributed by atoms with Gasteiger partial charge in [0.05, 0.1) is 23.1 Å². The summed E-state index contributed by atoms with van der Waals surface area (Å²) in [5, 5.41) is 4.52. The summed E-state index contributed by atoms with van der Waals surface area (Å²) in [7, 11) is 0. The molecule has 1 aliphatic carbocycles. The lowest BCUT2D eigenvalue weighted by Crippen LogP contribution is -2.38. The van der Waals surface area contributed by atoms with Crippen molar-refractivity contribution in [3.8, 4) is 17.2 Å². The second-order valence-corrected chi connectivity index (χ2v) is 9.01. The normalized spacial score (nSPS) is 20.1. The monoisotopic (exact) mass is 419 g/mol. The minimum atomic E-state index is -0.288. The van der Waals surface area contributed by atoms with Crippen molar-refractivity contribution in [2.24, 2.45) is 5.92 Å². The van der Waals surface area contributed by atoms with E-state index in [1.54, 1.807) is 29.2 Å². The fourth-order valence-electron chi connectivity index (χ4n) is 5.00. The number of carbonyl (C=O) groups is 1. The largest absolute Gasteiger partial charge is 0.335 e. The second kappa shape index (κ2) is 7.55. The Kier molecular flexibility index (Phi) is 4.84. The summed E-state index contributed by atoms with van der Waals surface area (Å²) in [4.78, 5) is 24.6. The Labute approximate surface area is 181 Å². The molecule has 2 unspecified atom stereocenters. The van der Waals surface area contributed by atoms with Crippen molar-refractivity contribution in [2.45, 2.75) is 52.0 Å². The molecule has 2 atom stereocenters. The van der Waals surface area contributed by atoms with Gasteiger partial charge in [0, 0.05) is 24.3 Å². The number of aryl methyl sites for hydroxylation is 1. The maximum Gasteiger partial charge on any atom is 0.257 e. The van der Waals surface area contributed by atoms with Gasteiger partial charge in [0.1, 0.15) is 5.82 Å². The first-order valence-corrected chi connectivity index (χ1v) is 10.9. The number of amides is 1. The van der Waals surface area contributed by atoms with Gasteiger partial charge in [-0.15, -0.1) is 0 Å². The van der Waals surface area contributed by atoms with Crippen LogP contribution in [0, 0.1) is 18.7 Å². The Morgan fingerprint density at radius 3 is 2.58 bits per heavy atom. The lowest BCUT2D eigenvalue weighted by atomic mass is 10.0. The van der Waals surface area contributed by atoms with E-state index in [2.05, 4.69) is 23.9 Å². The van der Waals surface area contributed by atoms with Crippen LogP contribution in [0.1, 0.15) is 60.6 Å². The number of carbonyl (C=O) groups excluding carboxylic acids is 1. The highest BCUT2D eigenvalue weighted by Crippen LogP contribution is 2.38. The van der Waals surface area contributed by atoms with Gasteiger partial charge in [-0.1, -0.05) is 13.8 Å². The highest BCUT2D eigenvalue weighted by atomic mass is 19.1. The van der Waals surface area contributed by atoms with Gasteiger partial charge in [-0.2, -0.15) is 5.10 Å². The number of benzene rings is 1. The Morgan fingerprint density at radius 2 is 1.94 bits per heavy atom. The number of rotatable bonds is 4. The molecule has 0 radical (unpaired) electrons. The molecule has 0 N–H and O–H groups in total. The van der Waals surface area contributed by atoms with Gasteiger partial charge in [-0.05, 0) is 67.9 Å². The number of fused-ring (bicyclic) bond motifs is 2. The number of likely N-dealkylation sites (tertiary alicyclic amines) is 1. The Hall–Kier alpha value is -3.09. The first kappa shape index (κ1) is 19.8. The molecule has 2 aromatic heterocycles. The van der Waals surface area contributed by atoms with Gasteiger partial charge in [-0.25, -0.2) is 19.0 Å². The van der Waals surface area contributed by atoms with Crippen molar-refractivity contribution in [3.63, 3.8) is 0 Å². The lowest BCUT2D eigenvalue weighted by molar-refractivity contribution is 0.0702. The molecule has 3 aromatic rings. The lowest BCUT2D eigenvalue weighted by Gasteiger charge is -2.27. The van der Waals surface area contributed by atoms with Gasteiger partial charge >= 0.3 is 0 Å². The van der Waals surface area contributed by atoms with E-state index in [1.165, 1.54) is 18.6 Å². The average Bonchev–Trinajstić information content (AvgIpc) is 3.50. The van der Waals surface area contributed by atoms with Crippen LogP contribution in [0.15, 0.2) is 36.7 Å². The molecule has 2 aliphatic rings. The Bertz CT molecular complexity index is 1140. The first-order valence-electron chi connectivity index (χ1n) is 10.9. The SMILES string of the molecule is Cc1cnc(-n2ncc(C(=O)N3CC4CCC3C4)c2C(C)C)nc1-c1ccc(F)cc1. The Balaban J connectivity index is 1.54. The predicted octanol–water partition coefficient (Wildman–Crippen LogP) is 4.52. The topological polar surface area (TPSA) is 63.9 Å². The zero-order valence-electron chi connectivity index (χ0n) is 18.0. The van der Waals surface area contributed by atoms with Crippen LogP contribution in [-0.2, 0) is 0 Å². The van der Waals surface area contributed by atoms with E-state index >= 15 is 0 Å². The van der Waals surface area contributed by atoms with Crippen LogP contribution in [0.4, 0.5) is 4.39 Å². The molecule has 31 heavy (non-hydrogen) atoms. The molecule has 1 saturated heterocycles. The quantitative estimate of drug-likeness (QED) is 0.624.